The van der Waals surface area contributed by atoms with Gasteiger partial charge in [0.2, 0.25) is 0 Å². The molecule has 1 aliphatic heterocycles. The number of piperidine rings is 1. The fourth-order valence-corrected chi connectivity index (χ4v) is 8.20. The first-order valence-corrected chi connectivity index (χ1v) is 15.2. The zero-order valence-electron chi connectivity index (χ0n) is 22.3. The van der Waals surface area contributed by atoms with Gasteiger partial charge in [0.15, 0.2) is 0 Å². The molecule has 1 heterocycles. The van der Waals surface area contributed by atoms with Crippen LogP contribution >= 0.6 is 0 Å². The van der Waals surface area contributed by atoms with Gasteiger partial charge < -0.3 is 9.64 Å². The number of benzene rings is 1. The van der Waals surface area contributed by atoms with Crippen molar-refractivity contribution in [2.75, 3.05) is 26.2 Å². The van der Waals surface area contributed by atoms with Crippen LogP contribution in [0.15, 0.2) is 24.3 Å². The van der Waals surface area contributed by atoms with Gasteiger partial charge in [-0.2, -0.15) is 0 Å². The Morgan fingerprint density at radius 2 is 1.51 bits per heavy atom. The van der Waals surface area contributed by atoms with E-state index in [1.165, 1.54) is 44.1 Å². The standard InChI is InChI=1S/C31H45F2NO3/c32-31(33)12-15-34(16-13-31)14-1-17-35-28-8-4-24(5-9-28)25-6-10-29(11-7-25)36-37-30-26-3-2-22-18-23(20-26)21-27(30)19-22/h4-5,8-9,22-23,25-27,29-30H,1-3,6-7,10-21H2/t22?,23?,25?,26?,27?,29?,30-/m0/s1. The van der Waals surface area contributed by atoms with Crippen molar-refractivity contribution in [3.8, 4) is 5.75 Å². The predicted octanol–water partition coefficient (Wildman–Crippen LogP) is 7.38. The summed E-state index contributed by atoms with van der Waals surface area (Å²) in [6, 6.07) is 8.58. The zero-order chi connectivity index (χ0) is 25.2. The van der Waals surface area contributed by atoms with Gasteiger partial charge in [-0.3, -0.25) is 0 Å². The van der Waals surface area contributed by atoms with Crippen LogP contribution in [-0.4, -0.2) is 49.3 Å². The third-order valence-corrected chi connectivity index (χ3v) is 10.3. The number of rotatable bonds is 9. The fraction of sp³-hybridized carbons (Fsp3) is 0.806. The highest BCUT2D eigenvalue weighted by atomic mass is 19.3. The molecular formula is C31H45F2NO3. The fourth-order valence-electron chi connectivity index (χ4n) is 8.20. The molecule has 0 spiro atoms. The van der Waals surface area contributed by atoms with Crippen LogP contribution in [0.4, 0.5) is 8.78 Å². The maximum Gasteiger partial charge on any atom is 0.250 e. The van der Waals surface area contributed by atoms with E-state index in [9.17, 15) is 8.78 Å². The van der Waals surface area contributed by atoms with Gasteiger partial charge in [-0.05, 0) is 111 Å². The maximum absolute atomic E-state index is 13.3. The quantitative estimate of drug-likeness (QED) is 0.194. The van der Waals surface area contributed by atoms with Gasteiger partial charge in [-0.25, -0.2) is 18.6 Å². The number of ether oxygens (including phenoxy) is 1. The molecule has 4 nitrogen and oxygen atoms in total. The highest BCUT2D eigenvalue weighted by Crippen LogP contribution is 2.52. The molecule has 4 bridgehead atoms. The lowest BCUT2D eigenvalue weighted by molar-refractivity contribution is -0.376. The third-order valence-electron chi connectivity index (χ3n) is 10.3. The van der Waals surface area contributed by atoms with Crippen molar-refractivity contribution in [3.63, 3.8) is 0 Å². The third kappa shape index (κ3) is 6.50. The van der Waals surface area contributed by atoms with Crippen molar-refractivity contribution in [1.82, 2.24) is 4.90 Å². The molecule has 0 aromatic heterocycles. The van der Waals surface area contributed by atoms with E-state index in [1.807, 2.05) is 0 Å². The van der Waals surface area contributed by atoms with Crippen LogP contribution in [0.5, 0.6) is 5.75 Å². The van der Waals surface area contributed by atoms with E-state index in [4.69, 9.17) is 14.5 Å². The van der Waals surface area contributed by atoms with E-state index in [0.717, 1.165) is 68.1 Å². The average Bonchev–Trinajstić information content (AvgIpc) is 3.12. The number of halogens is 2. The Kier molecular flexibility index (Phi) is 8.07. The molecular weight excluding hydrogens is 472 g/mol. The Labute approximate surface area is 221 Å². The average molecular weight is 518 g/mol. The molecule has 1 aromatic carbocycles. The molecule has 1 saturated heterocycles. The van der Waals surface area contributed by atoms with Gasteiger partial charge in [0, 0.05) is 32.5 Å². The van der Waals surface area contributed by atoms with Crippen LogP contribution in [-0.2, 0) is 9.78 Å². The second-order valence-electron chi connectivity index (χ2n) is 12.9. The van der Waals surface area contributed by atoms with Gasteiger partial charge in [-0.1, -0.05) is 18.6 Å². The van der Waals surface area contributed by atoms with Crippen molar-refractivity contribution in [2.24, 2.45) is 23.7 Å². The van der Waals surface area contributed by atoms with Crippen LogP contribution in [0, 0.1) is 23.7 Å². The van der Waals surface area contributed by atoms with Gasteiger partial charge in [0.05, 0.1) is 18.8 Å². The highest BCUT2D eigenvalue weighted by molar-refractivity contribution is 5.29. The van der Waals surface area contributed by atoms with Crippen molar-refractivity contribution < 1.29 is 23.3 Å². The minimum Gasteiger partial charge on any atom is -0.494 e. The first-order valence-electron chi connectivity index (χ1n) is 15.2. The van der Waals surface area contributed by atoms with Crippen molar-refractivity contribution in [2.45, 2.75) is 108 Å². The first kappa shape index (κ1) is 26.0. The van der Waals surface area contributed by atoms with Crippen LogP contribution in [0.25, 0.3) is 0 Å². The number of nitrogens with zero attached hydrogens (tertiary/aromatic N) is 1. The lowest BCUT2D eigenvalue weighted by atomic mass is 9.66. The number of alkyl halides is 2. The Morgan fingerprint density at radius 1 is 0.784 bits per heavy atom. The summed E-state index contributed by atoms with van der Waals surface area (Å²) in [5.41, 5.74) is 1.39. The van der Waals surface area contributed by atoms with Gasteiger partial charge >= 0.3 is 0 Å². The van der Waals surface area contributed by atoms with Crippen molar-refractivity contribution in [1.29, 1.82) is 0 Å². The summed E-state index contributed by atoms with van der Waals surface area (Å²) in [6.07, 6.45) is 14.2. The summed E-state index contributed by atoms with van der Waals surface area (Å²) in [5, 5.41) is 0. The van der Waals surface area contributed by atoms with Gasteiger partial charge in [-0.15, -0.1) is 0 Å². The molecule has 7 rings (SSSR count). The van der Waals surface area contributed by atoms with Crippen molar-refractivity contribution in [3.05, 3.63) is 29.8 Å². The Hall–Kier alpha value is -1.24. The molecule has 6 fully saturated rings. The summed E-state index contributed by atoms with van der Waals surface area (Å²) < 4.78 is 32.5. The molecule has 5 aliphatic carbocycles. The van der Waals surface area contributed by atoms with Crippen LogP contribution in [0.1, 0.15) is 95.0 Å². The predicted molar refractivity (Wildman–Crippen MR) is 140 cm³/mol. The minimum atomic E-state index is -2.47. The molecule has 5 atom stereocenters. The topological polar surface area (TPSA) is 30.9 Å². The second-order valence-corrected chi connectivity index (χ2v) is 12.9. The van der Waals surface area contributed by atoms with E-state index in [2.05, 4.69) is 29.2 Å². The van der Waals surface area contributed by atoms with Crippen LogP contribution in [0.3, 0.4) is 0 Å². The lowest BCUT2D eigenvalue weighted by Crippen LogP contribution is -2.41. The van der Waals surface area contributed by atoms with Crippen LogP contribution < -0.4 is 4.74 Å². The summed E-state index contributed by atoms with van der Waals surface area (Å²) in [5.74, 6) is 2.38. The molecule has 1 aromatic rings. The normalized spacial score (nSPS) is 37.4. The number of likely N-dealkylation sites (tertiary alicyclic amines) is 1. The summed E-state index contributed by atoms with van der Waals surface area (Å²) in [4.78, 5) is 14.5. The van der Waals surface area contributed by atoms with E-state index in [1.54, 1.807) is 0 Å². The van der Waals surface area contributed by atoms with Crippen LogP contribution in [0.2, 0.25) is 0 Å². The highest BCUT2D eigenvalue weighted by Gasteiger charge is 2.47. The summed E-state index contributed by atoms with van der Waals surface area (Å²) in [6.45, 7) is 2.43. The summed E-state index contributed by atoms with van der Waals surface area (Å²) in [7, 11) is 0. The number of hydrogen-bond acceptors (Lipinski definition) is 4. The number of hydrogen-bond donors (Lipinski definition) is 0. The molecule has 6 aliphatic rings. The maximum atomic E-state index is 13.3. The zero-order valence-corrected chi connectivity index (χ0v) is 22.3. The molecule has 37 heavy (non-hydrogen) atoms. The Morgan fingerprint density at radius 3 is 2.30 bits per heavy atom. The molecule has 5 saturated carbocycles. The molecule has 0 radical (unpaired) electrons. The smallest absolute Gasteiger partial charge is 0.250 e. The molecule has 206 valence electrons. The lowest BCUT2D eigenvalue weighted by Gasteiger charge is -2.43. The van der Waals surface area contributed by atoms with Gasteiger partial charge in [0.1, 0.15) is 5.75 Å². The molecule has 6 heteroatoms. The number of fused-ring (bicyclic) bond motifs is 1. The van der Waals surface area contributed by atoms with E-state index in [0.29, 0.717) is 31.7 Å². The largest absolute Gasteiger partial charge is 0.494 e. The second kappa shape index (κ2) is 11.5. The van der Waals surface area contributed by atoms with Gasteiger partial charge in [0.25, 0.3) is 5.92 Å². The van der Waals surface area contributed by atoms with Crippen molar-refractivity contribution >= 4 is 0 Å². The Bertz CT molecular complexity index is 854. The minimum absolute atomic E-state index is 0.0153. The monoisotopic (exact) mass is 517 g/mol. The Balaban J connectivity index is 0.888. The van der Waals surface area contributed by atoms with E-state index in [-0.39, 0.29) is 18.9 Å². The first-order chi connectivity index (χ1) is 18.0. The molecule has 0 amide bonds. The molecule has 4 unspecified atom stereocenters. The van der Waals surface area contributed by atoms with E-state index >= 15 is 0 Å². The SMILES string of the molecule is FC1(F)CCN(CCCOc2ccc(C3CCC(OO[C@H]4C5CCC6CC(C5)CC4C6)CC3)cc2)CC1. The molecule has 0 N–H and O–H groups in total. The van der Waals surface area contributed by atoms with E-state index < -0.39 is 5.92 Å². The summed E-state index contributed by atoms with van der Waals surface area (Å²) >= 11 is 0.